The van der Waals surface area contributed by atoms with Gasteiger partial charge in [0, 0.05) is 6.42 Å². The van der Waals surface area contributed by atoms with Crippen LogP contribution in [0.2, 0.25) is 0 Å². The third-order valence-electron chi connectivity index (χ3n) is 2.87. The number of unbranched alkanes of at least 4 members (excludes halogenated alkanes) is 1. The number of hydrogen-bond donors (Lipinski definition) is 2. The van der Waals surface area contributed by atoms with Crippen LogP contribution in [-0.2, 0) is 20.7 Å². The van der Waals surface area contributed by atoms with Crippen molar-refractivity contribution in [2.24, 2.45) is 5.73 Å². The fraction of sp³-hybridized carbons (Fsp3) is 0.429. The lowest BCUT2D eigenvalue weighted by Gasteiger charge is -2.22. The number of ether oxygens (including phenoxy) is 1. The Labute approximate surface area is 116 Å². The lowest BCUT2D eigenvalue weighted by molar-refractivity contribution is -0.161. The molecule has 0 aliphatic carbocycles. The van der Waals surface area contributed by atoms with Gasteiger partial charge in [0.1, 0.15) is 5.82 Å². The summed E-state index contributed by atoms with van der Waals surface area (Å²) in [4.78, 5) is 23.1. The van der Waals surface area contributed by atoms with Gasteiger partial charge in [-0.2, -0.15) is 0 Å². The summed E-state index contributed by atoms with van der Waals surface area (Å²) in [6.45, 7) is 2.05. The maximum Gasteiger partial charge on any atom is 0.338 e. The molecule has 0 saturated heterocycles. The minimum atomic E-state index is -2.16. The van der Waals surface area contributed by atoms with E-state index in [9.17, 15) is 19.1 Å². The van der Waals surface area contributed by atoms with Crippen molar-refractivity contribution in [1.29, 1.82) is 0 Å². The van der Waals surface area contributed by atoms with Crippen LogP contribution in [0, 0.1) is 5.82 Å². The zero-order valence-corrected chi connectivity index (χ0v) is 11.3. The molecule has 0 heterocycles. The van der Waals surface area contributed by atoms with E-state index in [1.807, 2.05) is 6.92 Å². The van der Waals surface area contributed by atoms with E-state index in [0.29, 0.717) is 12.0 Å². The van der Waals surface area contributed by atoms with E-state index < -0.39 is 23.3 Å². The standard InChI is InChI=1S/C14H18FNO4/c1-2-3-8-20-13(19)14(16,12(17)18)9-10-4-6-11(15)7-5-10/h4-7H,2-3,8-9,16H2,1H3,(H,17,18). The summed E-state index contributed by atoms with van der Waals surface area (Å²) in [6.07, 6.45) is 1.20. The van der Waals surface area contributed by atoms with Crippen LogP contribution in [-0.4, -0.2) is 29.2 Å². The maximum atomic E-state index is 12.8. The van der Waals surface area contributed by atoms with Gasteiger partial charge < -0.3 is 15.6 Å². The van der Waals surface area contributed by atoms with Gasteiger partial charge in [0.05, 0.1) is 6.61 Å². The highest BCUT2D eigenvalue weighted by molar-refractivity contribution is 6.04. The van der Waals surface area contributed by atoms with Crippen molar-refractivity contribution in [3.63, 3.8) is 0 Å². The highest BCUT2D eigenvalue weighted by Gasteiger charge is 2.44. The van der Waals surface area contributed by atoms with E-state index in [1.54, 1.807) is 0 Å². The molecule has 0 spiro atoms. The molecule has 6 heteroatoms. The number of esters is 1. The molecule has 0 amide bonds. The van der Waals surface area contributed by atoms with E-state index in [0.717, 1.165) is 6.42 Å². The van der Waals surface area contributed by atoms with E-state index >= 15 is 0 Å². The van der Waals surface area contributed by atoms with Crippen molar-refractivity contribution < 1.29 is 23.8 Å². The summed E-state index contributed by atoms with van der Waals surface area (Å²) < 4.78 is 17.7. The van der Waals surface area contributed by atoms with Crippen molar-refractivity contribution in [1.82, 2.24) is 0 Å². The van der Waals surface area contributed by atoms with Crippen molar-refractivity contribution >= 4 is 11.9 Å². The fourth-order valence-corrected chi connectivity index (χ4v) is 1.60. The zero-order valence-electron chi connectivity index (χ0n) is 11.3. The topological polar surface area (TPSA) is 89.6 Å². The van der Waals surface area contributed by atoms with Gasteiger partial charge in [-0.15, -0.1) is 0 Å². The highest BCUT2D eigenvalue weighted by Crippen LogP contribution is 2.15. The Morgan fingerprint density at radius 3 is 2.45 bits per heavy atom. The lowest BCUT2D eigenvalue weighted by atomic mass is 9.92. The van der Waals surface area contributed by atoms with Crippen LogP contribution in [0.4, 0.5) is 4.39 Å². The van der Waals surface area contributed by atoms with Gasteiger partial charge in [0.15, 0.2) is 0 Å². The summed E-state index contributed by atoms with van der Waals surface area (Å²) in [5, 5.41) is 9.18. The maximum absolute atomic E-state index is 12.8. The summed E-state index contributed by atoms with van der Waals surface area (Å²) in [7, 11) is 0. The van der Waals surface area contributed by atoms with Gasteiger partial charge in [-0.25, -0.2) is 14.0 Å². The number of benzene rings is 1. The molecule has 110 valence electrons. The van der Waals surface area contributed by atoms with Gasteiger partial charge in [-0.1, -0.05) is 25.5 Å². The molecule has 0 aliphatic rings. The predicted octanol–water partition coefficient (Wildman–Crippen LogP) is 1.49. The number of carboxylic acid groups (broad SMARTS) is 1. The second-order valence-electron chi connectivity index (χ2n) is 4.57. The first-order chi connectivity index (χ1) is 9.40. The van der Waals surface area contributed by atoms with Gasteiger partial charge in [0.2, 0.25) is 5.54 Å². The first-order valence-electron chi connectivity index (χ1n) is 6.34. The fourth-order valence-electron chi connectivity index (χ4n) is 1.60. The van der Waals surface area contributed by atoms with Crippen LogP contribution >= 0.6 is 0 Å². The van der Waals surface area contributed by atoms with Crippen LogP contribution in [0.25, 0.3) is 0 Å². The molecular weight excluding hydrogens is 265 g/mol. The highest BCUT2D eigenvalue weighted by atomic mass is 19.1. The number of carbonyl (C=O) groups is 2. The molecule has 0 aromatic heterocycles. The van der Waals surface area contributed by atoms with E-state index in [4.69, 9.17) is 10.5 Å². The molecule has 0 aliphatic heterocycles. The first-order valence-corrected chi connectivity index (χ1v) is 6.34. The molecule has 1 aromatic carbocycles. The Bertz CT molecular complexity index is 475. The molecule has 20 heavy (non-hydrogen) atoms. The molecular formula is C14H18FNO4. The molecule has 5 nitrogen and oxygen atoms in total. The normalized spacial score (nSPS) is 13.6. The minimum Gasteiger partial charge on any atom is -0.479 e. The SMILES string of the molecule is CCCCOC(=O)C(N)(Cc1ccc(F)cc1)C(=O)O. The molecule has 0 bridgehead atoms. The molecule has 0 saturated carbocycles. The van der Waals surface area contributed by atoms with Crippen molar-refractivity contribution in [3.05, 3.63) is 35.6 Å². The summed E-state index contributed by atoms with van der Waals surface area (Å²) in [5.41, 5.74) is 3.96. The van der Waals surface area contributed by atoms with Crippen LogP contribution in [0.3, 0.4) is 0 Å². The largest absolute Gasteiger partial charge is 0.479 e. The van der Waals surface area contributed by atoms with E-state index in [-0.39, 0.29) is 13.0 Å². The number of rotatable bonds is 7. The molecule has 0 radical (unpaired) electrons. The third kappa shape index (κ3) is 4.03. The molecule has 3 N–H and O–H groups in total. The summed E-state index contributed by atoms with van der Waals surface area (Å²) in [6, 6.07) is 5.14. The van der Waals surface area contributed by atoms with E-state index in [2.05, 4.69) is 0 Å². The minimum absolute atomic E-state index is 0.130. The Kier molecular flexibility index (Phi) is 5.64. The summed E-state index contributed by atoms with van der Waals surface area (Å²) in [5.74, 6) is -2.90. The molecule has 1 rings (SSSR count). The van der Waals surface area contributed by atoms with Gasteiger partial charge in [-0.05, 0) is 24.1 Å². The van der Waals surface area contributed by atoms with Crippen LogP contribution in [0.1, 0.15) is 25.3 Å². The Balaban J connectivity index is 2.83. The second kappa shape index (κ2) is 7.00. The zero-order chi connectivity index (χ0) is 15.2. The van der Waals surface area contributed by atoms with Gasteiger partial charge in [-0.3, -0.25) is 0 Å². The first kappa shape index (κ1) is 16.1. The van der Waals surface area contributed by atoms with E-state index in [1.165, 1.54) is 24.3 Å². The van der Waals surface area contributed by atoms with Crippen LogP contribution < -0.4 is 5.73 Å². The Morgan fingerprint density at radius 1 is 1.35 bits per heavy atom. The average molecular weight is 283 g/mol. The monoisotopic (exact) mass is 283 g/mol. The molecule has 0 fully saturated rings. The Morgan fingerprint density at radius 2 is 1.95 bits per heavy atom. The third-order valence-corrected chi connectivity index (χ3v) is 2.87. The van der Waals surface area contributed by atoms with Crippen molar-refractivity contribution in [3.8, 4) is 0 Å². The number of halogens is 1. The van der Waals surface area contributed by atoms with Gasteiger partial charge in [0.25, 0.3) is 0 Å². The predicted molar refractivity (Wildman–Crippen MR) is 70.5 cm³/mol. The summed E-state index contributed by atoms with van der Waals surface area (Å²) >= 11 is 0. The molecule has 1 atom stereocenters. The quantitative estimate of drug-likeness (QED) is 0.449. The number of aliphatic carboxylic acids is 1. The molecule has 1 unspecified atom stereocenters. The smallest absolute Gasteiger partial charge is 0.338 e. The number of nitrogens with two attached hydrogens (primary N) is 1. The average Bonchev–Trinajstić information content (AvgIpc) is 2.41. The van der Waals surface area contributed by atoms with Crippen LogP contribution in [0.5, 0.6) is 0 Å². The number of carbonyl (C=O) groups excluding carboxylic acids is 1. The van der Waals surface area contributed by atoms with Crippen molar-refractivity contribution in [2.75, 3.05) is 6.61 Å². The number of carboxylic acids is 1. The Hall–Kier alpha value is -1.95. The molecule has 1 aromatic rings. The van der Waals surface area contributed by atoms with Crippen molar-refractivity contribution in [2.45, 2.75) is 31.7 Å². The number of hydrogen-bond acceptors (Lipinski definition) is 4. The lowest BCUT2D eigenvalue weighted by Crippen LogP contribution is -2.57. The second-order valence-corrected chi connectivity index (χ2v) is 4.57. The van der Waals surface area contributed by atoms with Gasteiger partial charge >= 0.3 is 11.9 Å². The van der Waals surface area contributed by atoms with Crippen LogP contribution in [0.15, 0.2) is 24.3 Å².